The predicted molar refractivity (Wildman–Crippen MR) is 134 cm³/mol. The van der Waals surface area contributed by atoms with Gasteiger partial charge in [0.15, 0.2) is 5.78 Å². The van der Waals surface area contributed by atoms with Crippen LogP contribution in [-0.4, -0.2) is 25.5 Å². The molecule has 32 heavy (non-hydrogen) atoms. The highest BCUT2D eigenvalue weighted by atomic mass is 32.2. The molecule has 7 nitrogen and oxygen atoms in total. The van der Waals surface area contributed by atoms with Crippen LogP contribution in [0.2, 0.25) is 0 Å². The minimum Gasteiger partial charge on any atom is -0.338 e. The van der Waals surface area contributed by atoms with Crippen molar-refractivity contribution in [2.24, 2.45) is 0 Å². The van der Waals surface area contributed by atoms with Gasteiger partial charge < -0.3 is 9.88 Å². The van der Waals surface area contributed by atoms with Gasteiger partial charge in [0.1, 0.15) is 8.98 Å². The molecule has 1 aromatic heterocycles. The third-order valence-corrected chi connectivity index (χ3v) is 7.09. The summed E-state index contributed by atoms with van der Waals surface area (Å²) in [5.74, 6) is 0.889. The minimum atomic E-state index is -0.219. The zero-order chi connectivity index (χ0) is 23.8. The molecule has 0 bridgehead atoms. The average Bonchev–Trinajstić information content (AvgIpc) is 3.39. The Kier molecular flexibility index (Phi) is 9.17. The Labute approximate surface area is 202 Å². The van der Waals surface area contributed by atoms with E-state index in [0.717, 1.165) is 33.6 Å². The molecule has 0 radical (unpaired) electrons. The number of aromatic nitrogens is 1. The summed E-state index contributed by atoms with van der Waals surface area (Å²) >= 11 is 8.37. The number of thiocarbonyl (C=S) groups is 1. The molecule has 1 aromatic carbocycles. The number of hydrogen-bond donors (Lipinski definition) is 1. The minimum absolute atomic E-state index is 0.0520. The zero-order valence-electron chi connectivity index (χ0n) is 16.8. The van der Waals surface area contributed by atoms with Crippen molar-refractivity contribution in [2.75, 3.05) is 5.75 Å². The molecule has 0 spiro atoms. The number of fused-ring (bicyclic) bond motifs is 1. The van der Waals surface area contributed by atoms with E-state index in [1.54, 1.807) is 24.8 Å². The lowest BCUT2D eigenvalue weighted by Crippen LogP contribution is -2.30. The molecule has 0 unspecified atom stereocenters. The van der Waals surface area contributed by atoms with Gasteiger partial charge >= 0.3 is 0 Å². The van der Waals surface area contributed by atoms with Gasteiger partial charge in [0, 0.05) is 17.0 Å². The number of thiazole rings is 1. The third kappa shape index (κ3) is 6.05. The smallest absolute Gasteiger partial charge is 0.294 e. The molecule has 0 atom stereocenters. The first-order chi connectivity index (χ1) is 15.2. The summed E-state index contributed by atoms with van der Waals surface area (Å²) in [5, 5.41) is 11.2. The number of thioether (sulfide) groups is 2. The van der Waals surface area contributed by atoms with E-state index in [1.807, 2.05) is 24.3 Å². The lowest BCUT2D eigenvalue weighted by atomic mass is 10.2. The molecule has 11 heteroatoms. The summed E-state index contributed by atoms with van der Waals surface area (Å²) in [7, 11) is 0. The van der Waals surface area contributed by atoms with Gasteiger partial charge in [-0.2, -0.15) is 0 Å². The van der Waals surface area contributed by atoms with E-state index >= 15 is 0 Å². The van der Waals surface area contributed by atoms with Crippen molar-refractivity contribution in [3.05, 3.63) is 73.1 Å². The number of benzene rings is 1. The fourth-order valence-corrected chi connectivity index (χ4v) is 5.19. The fourth-order valence-electron chi connectivity index (χ4n) is 2.43. The summed E-state index contributed by atoms with van der Waals surface area (Å²) in [5.41, 5.74) is 1.01. The molecular weight excluding hydrogens is 485 g/mol. The molecule has 0 aliphatic carbocycles. The summed E-state index contributed by atoms with van der Waals surface area (Å²) in [6.07, 6.45) is 0. The first-order valence-corrected chi connectivity index (χ1v) is 11.9. The summed E-state index contributed by atoms with van der Waals surface area (Å²) in [4.78, 5) is 37.2. The maximum atomic E-state index is 11.4. The van der Waals surface area contributed by atoms with Crippen LogP contribution in [0.5, 0.6) is 0 Å². The third-order valence-electron chi connectivity index (χ3n) is 3.92. The number of nitriles is 1. The second kappa shape index (κ2) is 11.6. The Hall–Kier alpha value is -2.96. The van der Waals surface area contributed by atoms with E-state index in [9.17, 15) is 14.4 Å². The molecular formula is C21H16N4O3S4. The standard InChI is InChI=1S/C9H7N3OS.C8H6OS.C4H3NOS2/c1-4-12-8(13)6(2)14-9(12)7(5-10)11-3;9-7-5-10-8-4-2-1-3-6(7)8;1-2-3(6)8-4(7)5-2/h2,4H2,1H3;1-4H,5H2;1H2,(H,5,7)/b9-7+;;. The highest BCUT2D eigenvalue weighted by Gasteiger charge is 2.19. The monoisotopic (exact) mass is 500 g/mol. The first kappa shape index (κ1) is 25.3. The van der Waals surface area contributed by atoms with Crippen LogP contribution in [0.25, 0.3) is 17.1 Å². The average molecular weight is 501 g/mol. The van der Waals surface area contributed by atoms with Crippen LogP contribution in [-0.2, 0) is 11.3 Å². The van der Waals surface area contributed by atoms with Gasteiger partial charge in [0.05, 0.1) is 28.6 Å². The maximum absolute atomic E-state index is 11.4. The number of rotatable bonds is 1. The van der Waals surface area contributed by atoms with Gasteiger partial charge in [-0.3, -0.25) is 14.4 Å². The van der Waals surface area contributed by atoms with Gasteiger partial charge in [0.25, 0.3) is 11.3 Å². The van der Waals surface area contributed by atoms with E-state index in [1.165, 1.54) is 4.57 Å². The van der Waals surface area contributed by atoms with Crippen molar-refractivity contribution in [3.8, 4) is 6.07 Å². The predicted octanol–water partition coefficient (Wildman–Crippen LogP) is 2.51. The van der Waals surface area contributed by atoms with Gasteiger partial charge in [0.2, 0.25) is 5.12 Å². The van der Waals surface area contributed by atoms with Crippen molar-refractivity contribution >= 4 is 74.6 Å². The number of carbonyl (C=O) groups excluding carboxylic acids is 2. The molecule has 162 valence electrons. The summed E-state index contributed by atoms with van der Waals surface area (Å²) in [6, 6.07) is 9.51. The fraction of sp³-hybridized carbons (Fsp3) is 0.143. The number of nitrogens with zero attached hydrogens (tertiary/aromatic N) is 3. The van der Waals surface area contributed by atoms with Crippen molar-refractivity contribution in [1.82, 2.24) is 9.88 Å². The number of hydrogen-bond acceptors (Lipinski definition) is 8. The second-order valence-corrected chi connectivity index (χ2v) is 9.69. The number of carbonyl (C=O) groups is 2. The normalized spacial score (nSPS) is 14.7. The SMILES string of the molecule is C=C1NC(=S)SC1=O.O=C1CSc2ccccc21.[C-]#[N+]/C(C#N)=c1/sc(=C)c(=O)n1CC. The number of Topliss-reactive ketones (excluding diaryl/α,β-unsaturated/α-hetero) is 1. The molecule has 1 fully saturated rings. The Morgan fingerprint density at radius 3 is 2.50 bits per heavy atom. The van der Waals surface area contributed by atoms with Gasteiger partial charge in [-0.05, 0) is 24.8 Å². The quantitative estimate of drug-likeness (QED) is 0.363. The van der Waals surface area contributed by atoms with Crippen molar-refractivity contribution in [2.45, 2.75) is 18.4 Å². The highest BCUT2D eigenvalue weighted by molar-refractivity contribution is 8.33. The lowest BCUT2D eigenvalue weighted by Gasteiger charge is -1.93. The second-order valence-electron chi connectivity index (χ2n) is 5.94. The molecule has 0 saturated carbocycles. The highest BCUT2D eigenvalue weighted by Crippen LogP contribution is 2.30. The van der Waals surface area contributed by atoms with Gasteiger partial charge in [-0.1, -0.05) is 43.6 Å². The van der Waals surface area contributed by atoms with Crippen LogP contribution < -0.4 is 20.1 Å². The van der Waals surface area contributed by atoms with Crippen molar-refractivity contribution in [1.29, 1.82) is 5.26 Å². The number of nitrogens with one attached hydrogen (secondary N) is 1. The first-order valence-electron chi connectivity index (χ1n) is 8.91. The Morgan fingerprint density at radius 1 is 1.34 bits per heavy atom. The van der Waals surface area contributed by atoms with Crippen LogP contribution in [0.1, 0.15) is 17.3 Å². The van der Waals surface area contributed by atoms with Crippen LogP contribution >= 0.6 is 47.1 Å². The molecule has 3 heterocycles. The molecule has 4 rings (SSSR count). The van der Waals surface area contributed by atoms with E-state index in [2.05, 4.69) is 35.5 Å². The van der Waals surface area contributed by atoms with E-state index in [-0.39, 0.29) is 22.2 Å². The van der Waals surface area contributed by atoms with E-state index < -0.39 is 0 Å². The van der Waals surface area contributed by atoms with Crippen LogP contribution in [0.4, 0.5) is 0 Å². The van der Waals surface area contributed by atoms with Gasteiger partial charge in [-0.15, -0.1) is 23.1 Å². The van der Waals surface area contributed by atoms with Crippen molar-refractivity contribution in [3.63, 3.8) is 0 Å². The van der Waals surface area contributed by atoms with E-state index in [4.69, 9.17) is 11.8 Å². The zero-order valence-corrected chi connectivity index (χ0v) is 20.1. The molecule has 2 aliphatic rings. The molecule has 0 amide bonds. The summed E-state index contributed by atoms with van der Waals surface area (Å²) < 4.78 is 2.65. The Bertz CT molecular complexity index is 1330. The topological polar surface area (TPSA) is 96.3 Å². The van der Waals surface area contributed by atoms with Crippen LogP contribution in [0.15, 0.2) is 46.2 Å². The largest absolute Gasteiger partial charge is 0.338 e. The summed E-state index contributed by atoms with van der Waals surface area (Å²) in [6.45, 7) is 16.0. The maximum Gasteiger partial charge on any atom is 0.294 e. The molecule has 2 aliphatic heterocycles. The molecule has 1 N–H and O–H groups in total. The molecule has 2 aromatic rings. The van der Waals surface area contributed by atoms with E-state index in [0.29, 0.717) is 31.5 Å². The molecule has 1 saturated heterocycles. The Balaban J connectivity index is 0.000000177. The van der Waals surface area contributed by atoms with Crippen LogP contribution in [0.3, 0.4) is 0 Å². The van der Waals surface area contributed by atoms with Crippen LogP contribution in [0, 0.1) is 17.9 Å². The van der Waals surface area contributed by atoms with Crippen molar-refractivity contribution < 1.29 is 9.59 Å². The lowest BCUT2D eigenvalue weighted by molar-refractivity contribution is -0.107. The number of ketones is 1. The van der Waals surface area contributed by atoms with Gasteiger partial charge in [-0.25, -0.2) is 10.1 Å². The Morgan fingerprint density at radius 2 is 2.03 bits per heavy atom.